The summed E-state index contributed by atoms with van der Waals surface area (Å²) in [6.45, 7) is 0.00372. The van der Waals surface area contributed by atoms with E-state index in [1.54, 1.807) is 6.07 Å². The number of aliphatic hydroxyl groups is 1. The zero-order valence-corrected chi connectivity index (χ0v) is 12.4. The maximum Gasteiger partial charge on any atom is 0.150 e. The molecule has 118 valence electrons. The van der Waals surface area contributed by atoms with Crippen molar-refractivity contribution in [3.63, 3.8) is 0 Å². The van der Waals surface area contributed by atoms with Gasteiger partial charge in [0.2, 0.25) is 0 Å². The number of anilines is 1. The Bertz CT molecular complexity index is 762. The van der Waals surface area contributed by atoms with Gasteiger partial charge in [-0.25, -0.2) is 8.78 Å². The first-order valence-electron chi connectivity index (χ1n) is 7.47. The van der Waals surface area contributed by atoms with Crippen LogP contribution in [0.5, 0.6) is 0 Å². The average Bonchev–Trinajstić information content (AvgIpc) is 2.54. The fourth-order valence-electron chi connectivity index (χ4n) is 3.12. The van der Waals surface area contributed by atoms with Crippen molar-refractivity contribution in [2.24, 2.45) is 0 Å². The zero-order valence-electron chi connectivity index (χ0n) is 12.4. The maximum absolute atomic E-state index is 13.9. The normalized spacial score (nSPS) is 19.7. The lowest BCUT2D eigenvalue weighted by atomic mass is 9.79. The number of nitriles is 1. The Morgan fingerprint density at radius 2 is 1.91 bits per heavy atom. The van der Waals surface area contributed by atoms with Crippen molar-refractivity contribution in [1.29, 1.82) is 5.26 Å². The highest BCUT2D eigenvalue weighted by atomic mass is 19.1. The van der Waals surface area contributed by atoms with Crippen LogP contribution in [0.4, 0.5) is 14.5 Å². The van der Waals surface area contributed by atoms with Crippen LogP contribution in [0.15, 0.2) is 36.4 Å². The molecule has 3 rings (SSSR count). The molecule has 2 N–H and O–H groups in total. The molecule has 0 radical (unpaired) electrons. The number of rotatable bonds is 3. The summed E-state index contributed by atoms with van der Waals surface area (Å²) in [5.74, 6) is -1.68. The van der Waals surface area contributed by atoms with Crippen molar-refractivity contribution >= 4 is 5.69 Å². The molecule has 23 heavy (non-hydrogen) atoms. The summed E-state index contributed by atoms with van der Waals surface area (Å²) in [7, 11) is 0. The molecule has 1 aliphatic carbocycles. The van der Waals surface area contributed by atoms with Crippen LogP contribution < -0.4 is 5.32 Å². The lowest BCUT2D eigenvalue weighted by molar-refractivity contribution is 0.0322. The number of aryl methyl sites for hydroxylation is 1. The highest BCUT2D eigenvalue weighted by molar-refractivity contribution is 5.51. The van der Waals surface area contributed by atoms with Gasteiger partial charge in [-0.3, -0.25) is 0 Å². The van der Waals surface area contributed by atoms with Crippen LogP contribution in [0.2, 0.25) is 0 Å². The topological polar surface area (TPSA) is 56.0 Å². The summed E-state index contributed by atoms with van der Waals surface area (Å²) < 4.78 is 27.9. The molecule has 0 saturated heterocycles. The Labute approximate surface area is 133 Å². The highest BCUT2D eigenvalue weighted by Gasteiger charge is 2.34. The van der Waals surface area contributed by atoms with Crippen molar-refractivity contribution in [3.05, 3.63) is 64.7 Å². The van der Waals surface area contributed by atoms with E-state index in [9.17, 15) is 13.9 Å². The van der Waals surface area contributed by atoms with Crippen LogP contribution in [0, 0.1) is 23.0 Å². The van der Waals surface area contributed by atoms with Crippen LogP contribution in [-0.2, 0) is 12.0 Å². The summed E-state index contributed by atoms with van der Waals surface area (Å²) in [5, 5.41) is 22.3. The molecular formula is C18H16F2N2O. The maximum atomic E-state index is 13.9. The van der Waals surface area contributed by atoms with Gasteiger partial charge in [-0.2, -0.15) is 5.26 Å². The molecular weight excluding hydrogens is 298 g/mol. The number of hydrogen-bond donors (Lipinski definition) is 2. The molecule has 0 heterocycles. The molecule has 5 heteroatoms. The molecule has 0 fully saturated rings. The van der Waals surface area contributed by atoms with E-state index in [1.165, 1.54) is 0 Å². The third kappa shape index (κ3) is 2.90. The molecule has 0 spiro atoms. The van der Waals surface area contributed by atoms with Crippen LogP contribution in [-0.4, -0.2) is 11.7 Å². The molecule has 3 nitrogen and oxygen atoms in total. The summed E-state index contributed by atoms with van der Waals surface area (Å²) in [5.41, 5.74) is 0.298. The van der Waals surface area contributed by atoms with E-state index in [4.69, 9.17) is 5.26 Å². The average molecular weight is 314 g/mol. The van der Waals surface area contributed by atoms with Gasteiger partial charge in [-0.1, -0.05) is 24.3 Å². The summed E-state index contributed by atoms with van der Waals surface area (Å²) >= 11 is 0. The standard InChI is InChI=1S/C18H16F2N2O/c19-15-8-12(10-21)9-16(20)17(15)22-11-18(23)7-3-5-13-4-1-2-6-14(13)18/h1-2,4,6,8-9,22-23H,3,5,7,11H2. The number of halogens is 2. The van der Waals surface area contributed by atoms with Gasteiger partial charge in [0.15, 0.2) is 11.6 Å². The lowest BCUT2D eigenvalue weighted by Gasteiger charge is -2.35. The van der Waals surface area contributed by atoms with Gasteiger partial charge >= 0.3 is 0 Å². The second kappa shape index (κ2) is 5.98. The van der Waals surface area contributed by atoms with E-state index in [-0.39, 0.29) is 17.8 Å². The van der Waals surface area contributed by atoms with Gasteiger partial charge in [-0.05, 0) is 42.5 Å². The third-order valence-corrected chi connectivity index (χ3v) is 4.28. The Balaban J connectivity index is 1.86. The van der Waals surface area contributed by atoms with E-state index >= 15 is 0 Å². The van der Waals surface area contributed by atoms with Gasteiger partial charge < -0.3 is 10.4 Å². The molecule has 0 aromatic heterocycles. The Morgan fingerprint density at radius 3 is 2.61 bits per heavy atom. The molecule has 0 bridgehead atoms. The number of benzene rings is 2. The second-order valence-electron chi connectivity index (χ2n) is 5.82. The fourth-order valence-corrected chi connectivity index (χ4v) is 3.12. The molecule has 0 aliphatic heterocycles. The van der Waals surface area contributed by atoms with Gasteiger partial charge in [0.1, 0.15) is 11.3 Å². The van der Waals surface area contributed by atoms with Crippen molar-refractivity contribution in [2.45, 2.75) is 24.9 Å². The van der Waals surface area contributed by atoms with Gasteiger partial charge in [0.25, 0.3) is 0 Å². The molecule has 2 aromatic rings. The predicted molar refractivity (Wildman–Crippen MR) is 82.8 cm³/mol. The summed E-state index contributed by atoms with van der Waals surface area (Å²) in [6, 6.07) is 11.2. The molecule has 0 amide bonds. The lowest BCUT2D eigenvalue weighted by Crippen LogP contribution is -2.37. The number of nitrogens with zero attached hydrogens (tertiary/aromatic N) is 1. The Morgan fingerprint density at radius 1 is 1.22 bits per heavy atom. The first-order valence-corrected chi connectivity index (χ1v) is 7.47. The zero-order chi connectivity index (χ0) is 16.4. The van der Waals surface area contributed by atoms with Crippen molar-refractivity contribution in [1.82, 2.24) is 0 Å². The minimum Gasteiger partial charge on any atom is -0.383 e. The van der Waals surface area contributed by atoms with E-state index in [0.717, 1.165) is 36.1 Å². The van der Waals surface area contributed by atoms with Crippen LogP contribution >= 0.6 is 0 Å². The third-order valence-electron chi connectivity index (χ3n) is 4.28. The Kier molecular flexibility index (Phi) is 4.01. The van der Waals surface area contributed by atoms with Crippen LogP contribution in [0.25, 0.3) is 0 Å². The minimum atomic E-state index is -1.17. The van der Waals surface area contributed by atoms with E-state index in [2.05, 4.69) is 5.32 Å². The molecule has 0 saturated carbocycles. The number of hydrogen-bond acceptors (Lipinski definition) is 3. The van der Waals surface area contributed by atoms with Gasteiger partial charge in [0.05, 0.1) is 11.6 Å². The number of nitrogens with one attached hydrogen (secondary N) is 1. The number of fused-ring (bicyclic) bond motifs is 1. The van der Waals surface area contributed by atoms with Gasteiger partial charge in [0, 0.05) is 6.54 Å². The Hall–Kier alpha value is -2.45. The van der Waals surface area contributed by atoms with E-state index in [0.29, 0.717) is 6.42 Å². The van der Waals surface area contributed by atoms with E-state index in [1.807, 2.05) is 24.3 Å². The molecule has 2 aromatic carbocycles. The molecule has 1 atom stereocenters. The summed E-state index contributed by atoms with van der Waals surface area (Å²) in [4.78, 5) is 0. The van der Waals surface area contributed by atoms with E-state index < -0.39 is 17.2 Å². The van der Waals surface area contributed by atoms with Crippen molar-refractivity contribution in [3.8, 4) is 6.07 Å². The van der Waals surface area contributed by atoms with Gasteiger partial charge in [-0.15, -0.1) is 0 Å². The van der Waals surface area contributed by atoms with Crippen molar-refractivity contribution < 1.29 is 13.9 Å². The van der Waals surface area contributed by atoms with Crippen molar-refractivity contribution in [2.75, 3.05) is 11.9 Å². The first kappa shape index (κ1) is 15.4. The largest absolute Gasteiger partial charge is 0.383 e. The van der Waals surface area contributed by atoms with Crippen LogP contribution in [0.3, 0.4) is 0 Å². The quantitative estimate of drug-likeness (QED) is 0.912. The fraction of sp³-hybridized carbons (Fsp3) is 0.278. The summed E-state index contributed by atoms with van der Waals surface area (Å²) in [6.07, 6.45) is 2.22. The first-order chi connectivity index (χ1) is 11.0. The van der Waals surface area contributed by atoms with Crippen LogP contribution in [0.1, 0.15) is 29.5 Å². The highest BCUT2D eigenvalue weighted by Crippen LogP contribution is 2.35. The smallest absolute Gasteiger partial charge is 0.150 e. The molecule has 1 aliphatic rings. The minimum absolute atomic E-state index is 0.00372. The predicted octanol–water partition coefficient (Wildman–Crippen LogP) is 3.47. The second-order valence-corrected chi connectivity index (χ2v) is 5.82. The molecule has 1 unspecified atom stereocenters. The SMILES string of the molecule is N#Cc1cc(F)c(NCC2(O)CCCc3ccccc32)c(F)c1. The monoisotopic (exact) mass is 314 g/mol.